The van der Waals surface area contributed by atoms with Crippen LogP contribution in [0, 0.1) is 0 Å². The molecule has 0 N–H and O–H groups in total. The Kier molecular flexibility index (Phi) is 8.81. The Labute approximate surface area is 382 Å². The van der Waals surface area contributed by atoms with Crippen molar-refractivity contribution in [3.05, 3.63) is 243 Å². The van der Waals surface area contributed by atoms with E-state index in [-0.39, 0.29) is 0 Å². The molecule has 1 aromatic heterocycles. The number of para-hydroxylation sites is 4. The van der Waals surface area contributed by atoms with Crippen molar-refractivity contribution in [3.63, 3.8) is 0 Å². The Morgan fingerprint density at radius 2 is 0.909 bits per heavy atom. The number of hydrogen-bond acceptors (Lipinski definition) is 4. The van der Waals surface area contributed by atoms with Crippen LogP contribution >= 0.6 is 0 Å². The van der Waals surface area contributed by atoms with E-state index >= 15 is 0 Å². The average Bonchev–Trinajstić information content (AvgIpc) is 3.77. The number of benzene rings is 11. The topological polar surface area (TPSA) is 28.9 Å². The fourth-order valence-electron chi connectivity index (χ4n) is 9.98. The molecule has 12 aromatic rings. The molecule has 0 spiro atoms. The van der Waals surface area contributed by atoms with Crippen LogP contribution in [0.4, 0.5) is 34.1 Å². The standard InChI is InChI=1S/C62H40N2O2/c1-4-16-41(17-5-1)42-30-33-46(34-31-42)63(45-20-8-3-9-21-45)47-35-32-44-38-55-51-37-36-48(40-60(51)65-59-29-15-24-52(61(55)59)54(44)39-47)64(56-26-12-10-22-49(56)43-18-6-2-7-19-43)57-27-14-25-53-50-23-11-13-28-58(50)66-62(53)57/h1-40H. The molecule has 11 aromatic carbocycles. The second-order valence-corrected chi connectivity index (χ2v) is 16.8. The van der Waals surface area contributed by atoms with Crippen LogP contribution in [0.1, 0.15) is 0 Å². The lowest BCUT2D eigenvalue weighted by atomic mass is 9.90. The van der Waals surface area contributed by atoms with Crippen LogP contribution in [0.15, 0.2) is 247 Å². The fourth-order valence-corrected chi connectivity index (χ4v) is 9.98. The first-order valence-corrected chi connectivity index (χ1v) is 22.4. The van der Waals surface area contributed by atoms with Crippen molar-refractivity contribution >= 4 is 77.6 Å². The molecule has 0 saturated heterocycles. The number of hydrogen-bond donors (Lipinski definition) is 0. The third-order valence-corrected chi connectivity index (χ3v) is 13.0. The molecule has 0 unspecified atom stereocenters. The summed E-state index contributed by atoms with van der Waals surface area (Å²) in [7, 11) is 0. The zero-order chi connectivity index (χ0) is 43.6. The fraction of sp³-hybridized carbons (Fsp3) is 0. The average molecular weight is 845 g/mol. The molecule has 310 valence electrons. The zero-order valence-corrected chi connectivity index (χ0v) is 35.8. The van der Waals surface area contributed by atoms with E-state index in [1.54, 1.807) is 0 Å². The van der Waals surface area contributed by atoms with E-state index < -0.39 is 0 Å². The number of rotatable bonds is 8. The first-order chi connectivity index (χ1) is 32.7. The van der Waals surface area contributed by atoms with Crippen LogP contribution in [0.3, 0.4) is 0 Å². The highest BCUT2D eigenvalue weighted by molar-refractivity contribution is 6.18. The van der Waals surface area contributed by atoms with Gasteiger partial charge < -0.3 is 19.0 Å². The summed E-state index contributed by atoms with van der Waals surface area (Å²) >= 11 is 0. The van der Waals surface area contributed by atoms with Gasteiger partial charge in [-0.2, -0.15) is 0 Å². The Bertz CT molecular complexity index is 3790. The SMILES string of the molecule is c1ccc(-c2ccc(N(c3ccccc3)c3ccc4cc5c6c(cccc6c4c3)Oc3cc(N(c4ccccc4-c4ccccc4)c4cccc6c4oc4ccccc46)ccc3-5)cc2)cc1. The summed E-state index contributed by atoms with van der Waals surface area (Å²) in [6.07, 6.45) is 0. The molecule has 0 saturated carbocycles. The lowest BCUT2D eigenvalue weighted by Gasteiger charge is -2.30. The van der Waals surface area contributed by atoms with Gasteiger partial charge in [0.15, 0.2) is 5.58 Å². The highest BCUT2D eigenvalue weighted by Gasteiger charge is 2.27. The highest BCUT2D eigenvalue weighted by Crippen LogP contribution is 2.53. The Balaban J connectivity index is 0.953. The number of fused-ring (bicyclic) bond motifs is 7. The van der Waals surface area contributed by atoms with Crippen LogP contribution in [0.5, 0.6) is 11.5 Å². The Morgan fingerprint density at radius 3 is 1.74 bits per heavy atom. The molecule has 0 aliphatic carbocycles. The maximum atomic E-state index is 7.01. The Morgan fingerprint density at radius 1 is 0.303 bits per heavy atom. The minimum atomic E-state index is 0.802. The van der Waals surface area contributed by atoms with Crippen LogP contribution in [0.25, 0.3) is 76.9 Å². The molecule has 13 rings (SSSR count). The monoisotopic (exact) mass is 844 g/mol. The zero-order valence-electron chi connectivity index (χ0n) is 35.8. The van der Waals surface area contributed by atoms with E-state index in [0.717, 1.165) is 106 Å². The predicted molar refractivity (Wildman–Crippen MR) is 274 cm³/mol. The molecular formula is C62H40N2O2. The van der Waals surface area contributed by atoms with Gasteiger partial charge in [-0.25, -0.2) is 0 Å². The summed E-state index contributed by atoms with van der Waals surface area (Å²) in [5.74, 6) is 1.64. The number of nitrogens with zero attached hydrogens (tertiary/aromatic N) is 2. The maximum absolute atomic E-state index is 7.01. The third-order valence-electron chi connectivity index (χ3n) is 13.0. The molecule has 0 bridgehead atoms. The summed E-state index contributed by atoms with van der Waals surface area (Å²) in [6.45, 7) is 0. The summed E-state index contributed by atoms with van der Waals surface area (Å²) in [5.41, 5.74) is 14.7. The number of ether oxygens (including phenoxy) is 1. The molecule has 1 aliphatic heterocycles. The van der Waals surface area contributed by atoms with E-state index in [2.05, 4.69) is 240 Å². The van der Waals surface area contributed by atoms with E-state index in [9.17, 15) is 0 Å². The van der Waals surface area contributed by atoms with Crippen molar-refractivity contribution in [3.8, 4) is 44.9 Å². The highest BCUT2D eigenvalue weighted by atomic mass is 16.5. The van der Waals surface area contributed by atoms with Crippen molar-refractivity contribution in [2.24, 2.45) is 0 Å². The molecular weight excluding hydrogens is 805 g/mol. The van der Waals surface area contributed by atoms with Crippen LogP contribution in [0.2, 0.25) is 0 Å². The van der Waals surface area contributed by atoms with E-state index in [1.807, 2.05) is 12.1 Å². The third kappa shape index (κ3) is 6.22. The largest absolute Gasteiger partial charge is 0.456 e. The normalized spacial score (nSPS) is 11.8. The van der Waals surface area contributed by atoms with Crippen LogP contribution in [-0.2, 0) is 0 Å². The summed E-state index contributed by atoms with van der Waals surface area (Å²) in [4.78, 5) is 4.66. The van der Waals surface area contributed by atoms with Crippen molar-refractivity contribution in [2.75, 3.05) is 9.80 Å². The Hall–Kier alpha value is -8.86. The lowest BCUT2D eigenvalue weighted by molar-refractivity contribution is 0.487. The molecule has 0 radical (unpaired) electrons. The summed E-state index contributed by atoms with van der Waals surface area (Å²) in [5, 5.41) is 6.76. The van der Waals surface area contributed by atoms with Crippen LogP contribution in [-0.4, -0.2) is 0 Å². The minimum absolute atomic E-state index is 0.802. The second-order valence-electron chi connectivity index (χ2n) is 16.8. The maximum Gasteiger partial charge on any atom is 0.159 e. The van der Waals surface area contributed by atoms with Gasteiger partial charge in [-0.05, 0) is 117 Å². The van der Waals surface area contributed by atoms with E-state index in [0.29, 0.717) is 0 Å². The quantitative estimate of drug-likeness (QED) is 0.143. The molecule has 4 nitrogen and oxygen atoms in total. The van der Waals surface area contributed by atoms with Crippen molar-refractivity contribution < 1.29 is 9.15 Å². The van der Waals surface area contributed by atoms with Crippen molar-refractivity contribution in [1.29, 1.82) is 0 Å². The van der Waals surface area contributed by atoms with E-state index in [1.165, 1.54) is 16.5 Å². The van der Waals surface area contributed by atoms with Crippen molar-refractivity contribution in [2.45, 2.75) is 0 Å². The molecule has 0 atom stereocenters. The second kappa shape index (κ2) is 15.4. The van der Waals surface area contributed by atoms with Gasteiger partial charge in [0.1, 0.15) is 17.1 Å². The molecule has 66 heavy (non-hydrogen) atoms. The van der Waals surface area contributed by atoms with Gasteiger partial charge in [-0.1, -0.05) is 158 Å². The van der Waals surface area contributed by atoms with Gasteiger partial charge in [-0.15, -0.1) is 0 Å². The van der Waals surface area contributed by atoms with Gasteiger partial charge in [0, 0.05) is 50.4 Å². The number of anilines is 6. The first kappa shape index (κ1) is 37.7. The molecule has 2 heterocycles. The van der Waals surface area contributed by atoms with Gasteiger partial charge in [0.2, 0.25) is 0 Å². The lowest BCUT2D eigenvalue weighted by Crippen LogP contribution is -2.12. The number of furan rings is 1. The molecule has 1 aliphatic rings. The summed E-state index contributed by atoms with van der Waals surface area (Å²) < 4.78 is 13.7. The summed E-state index contributed by atoms with van der Waals surface area (Å²) in [6, 6.07) is 86.1. The van der Waals surface area contributed by atoms with Gasteiger partial charge in [0.05, 0.1) is 17.1 Å². The molecule has 0 fully saturated rings. The molecule has 4 heteroatoms. The van der Waals surface area contributed by atoms with Crippen LogP contribution < -0.4 is 14.5 Å². The predicted octanol–water partition coefficient (Wildman–Crippen LogP) is 17.9. The smallest absolute Gasteiger partial charge is 0.159 e. The molecule has 0 amide bonds. The van der Waals surface area contributed by atoms with Gasteiger partial charge in [-0.3, -0.25) is 0 Å². The van der Waals surface area contributed by atoms with E-state index in [4.69, 9.17) is 9.15 Å². The van der Waals surface area contributed by atoms with Crippen molar-refractivity contribution in [1.82, 2.24) is 0 Å². The van der Waals surface area contributed by atoms with Gasteiger partial charge in [0.25, 0.3) is 0 Å². The first-order valence-electron chi connectivity index (χ1n) is 22.4. The minimum Gasteiger partial charge on any atom is -0.456 e. The van der Waals surface area contributed by atoms with Gasteiger partial charge >= 0.3 is 0 Å².